The Morgan fingerprint density at radius 2 is 0.941 bits per heavy atom. The molecule has 0 saturated carbocycles. The van der Waals surface area contributed by atoms with E-state index in [4.69, 9.17) is 24.4 Å². The third-order valence-electron chi connectivity index (χ3n) is 9.58. The average molecular weight is 653 g/mol. The Morgan fingerprint density at radius 3 is 1.63 bits per heavy atom. The van der Waals surface area contributed by atoms with E-state index in [1.54, 1.807) is 0 Å². The summed E-state index contributed by atoms with van der Waals surface area (Å²) in [5.41, 5.74) is 9.79. The quantitative estimate of drug-likeness (QED) is 0.185. The molecular formula is C46H28N4O. The van der Waals surface area contributed by atoms with E-state index < -0.39 is 0 Å². The molecule has 0 spiro atoms. The van der Waals surface area contributed by atoms with Crippen molar-refractivity contribution in [3.8, 4) is 56.4 Å². The van der Waals surface area contributed by atoms with Crippen LogP contribution in [-0.4, -0.2) is 19.9 Å². The first-order chi connectivity index (χ1) is 25.3. The van der Waals surface area contributed by atoms with E-state index in [1.807, 2.05) is 79.0 Å². The minimum Gasteiger partial charge on any atom is -0.455 e. The Kier molecular flexibility index (Phi) is 6.74. The normalized spacial score (nSPS) is 11.5. The van der Waals surface area contributed by atoms with Crippen LogP contribution in [0.2, 0.25) is 0 Å². The standard InChI is InChI=1S/C46H28N4O/c1-4-13-29(14-5-1)33-22-24-37(42-39-28-40-32(19-12-26-47-40)27-41(39)51-43(33)42)36-23-25-38(35-21-11-10-20-34(35)36)46-49-44(30-15-6-2-7-16-30)48-45(50-46)31-17-8-3-9-18-31/h1-28H. The fourth-order valence-electron chi connectivity index (χ4n) is 7.17. The summed E-state index contributed by atoms with van der Waals surface area (Å²) in [5.74, 6) is 1.90. The Balaban J connectivity index is 1.23. The van der Waals surface area contributed by atoms with E-state index in [-0.39, 0.29) is 0 Å². The molecule has 3 aromatic heterocycles. The van der Waals surface area contributed by atoms with Crippen LogP contribution in [0.25, 0.3) is 100 Å². The maximum absolute atomic E-state index is 6.77. The summed E-state index contributed by atoms with van der Waals surface area (Å²) < 4.78 is 6.77. The number of fused-ring (bicyclic) bond motifs is 5. The predicted molar refractivity (Wildman–Crippen MR) is 207 cm³/mol. The number of hydrogen-bond acceptors (Lipinski definition) is 5. The number of benzene rings is 7. The Bertz CT molecular complexity index is 2840. The highest BCUT2D eigenvalue weighted by Crippen LogP contribution is 2.45. The summed E-state index contributed by atoms with van der Waals surface area (Å²) in [4.78, 5) is 19.7. The van der Waals surface area contributed by atoms with Gasteiger partial charge in [-0.15, -0.1) is 0 Å². The van der Waals surface area contributed by atoms with Gasteiger partial charge in [-0.25, -0.2) is 15.0 Å². The third kappa shape index (κ3) is 4.94. The zero-order valence-electron chi connectivity index (χ0n) is 27.4. The molecule has 0 atom stereocenters. The minimum atomic E-state index is 0.626. The van der Waals surface area contributed by atoms with Crippen LogP contribution < -0.4 is 0 Å². The number of hydrogen-bond donors (Lipinski definition) is 0. The van der Waals surface area contributed by atoms with Gasteiger partial charge in [-0.1, -0.05) is 133 Å². The van der Waals surface area contributed by atoms with Gasteiger partial charge in [0.25, 0.3) is 0 Å². The second-order valence-electron chi connectivity index (χ2n) is 12.6. The maximum Gasteiger partial charge on any atom is 0.164 e. The van der Waals surface area contributed by atoms with Crippen LogP contribution in [-0.2, 0) is 0 Å². The lowest BCUT2D eigenvalue weighted by atomic mass is 9.90. The Labute approximate surface area is 293 Å². The Morgan fingerprint density at radius 1 is 0.392 bits per heavy atom. The van der Waals surface area contributed by atoms with Crippen LogP contribution in [0.4, 0.5) is 0 Å². The first-order valence-corrected chi connectivity index (χ1v) is 17.0. The van der Waals surface area contributed by atoms with E-state index in [0.717, 1.165) is 82.6 Å². The highest BCUT2D eigenvalue weighted by Gasteiger charge is 2.21. The third-order valence-corrected chi connectivity index (χ3v) is 9.58. The Hall–Kier alpha value is -6.98. The molecule has 0 aliphatic heterocycles. The van der Waals surface area contributed by atoms with E-state index in [9.17, 15) is 0 Å². The van der Waals surface area contributed by atoms with Crippen molar-refractivity contribution in [2.45, 2.75) is 0 Å². The topological polar surface area (TPSA) is 64.7 Å². The molecule has 0 N–H and O–H groups in total. The summed E-state index contributed by atoms with van der Waals surface area (Å²) in [6, 6.07) is 56.2. The van der Waals surface area contributed by atoms with Gasteiger partial charge in [0.2, 0.25) is 0 Å². The van der Waals surface area contributed by atoms with Crippen molar-refractivity contribution >= 4 is 43.6 Å². The molecule has 238 valence electrons. The van der Waals surface area contributed by atoms with Crippen LogP contribution in [0, 0.1) is 0 Å². The number of aromatic nitrogens is 4. The van der Waals surface area contributed by atoms with Crippen LogP contribution in [0.5, 0.6) is 0 Å². The second kappa shape index (κ2) is 11.9. The van der Waals surface area contributed by atoms with E-state index in [2.05, 4.69) is 91.0 Å². The molecule has 7 aromatic carbocycles. The van der Waals surface area contributed by atoms with Crippen molar-refractivity contribution in [2.24, 2.45) is 0 Å². The number of furan rings is 1. The van der Waals surface area contributed by atoms with Crippen molar-refractivity contribution in [1.82, 2.24) is 19.9 Å². The van der Waals surface area contributed by atoms with Gasteiger partial charge in [0, 0.05) is 44.6 Å². The molecule has 5 nitrogen and oxygen atoms in total. The largest absolute Gasteiger partial charge is 0.455 e. The highest BCUT2D eigenvalue weighted by atomic mass is 16.3. The van der Waals surface area contributed by atoms with E-state index in [0.29, 0.717) is 17.5 Å². The lowest BCUT2D eigenvalue weighted by Gasteiger charge is -2.14. The summed E-state index contributed by atoms with van der Waals surface area (Å²) in [7, 11) is 0. The summed E-state index contributed by atoms with van der Waals surface area (Å²) in [5, 5.41) is 5.30. The first kappa shape index (κ1) is 29.0. The molecule has 51 heavy (non-hydrogen) atoms. The number of pyridine rings is 1. The zero-order valence-corrected chi connectivity index (χ0v) is 27.4. The van der Waals surface area contributed by atoms with Crippen LogP contribution in [0.3, 0.4) is 0 Å². The van der Waals surface area contributed by atoms with Crippen molar-refractivity contribution in [3.63, 3.8) is 0 Å². The summed E-state index contributed by atoms with van der Waals surface area (Å²) in [6.45, 7) is 0. The van der Waals surface area contributed by atoms with Gasteiger partial charge in [-0.3, -0.25) is 4.98 Å². The molecular weight excluding hydrogens is 625 g/mol. The van der Waals surface area contributed by atoms with Gasteiger partial charge in [0.15, 0.2) is 17.5 Å². The first-order valence-electron chi connectivity index (χ1n) is 17.0. The molecule has 0 amide bonds. The fourth-order valence-corrected chi connectivity index (χ4v) is 7.17. The summed E-state index contributed by atoms with van der Waals surface area (Å²) in [6.07, 6.45) is 1.84. The molecule has 0 aliphatic carbocycles. The minimum absolute atomic E-state index is 0.626. The molecule has 0 fully saturated rings. The van der Waals surface area contributed by atoms with Crippen LogP contribution in [0.15, 0.2) is 174 Å². The maximum atomic E-state index is 6.77. The van der Waals surface area contributed by atoms with Gasteiger partial charge in [0.1, 0.15) is 11.2 Å². The molecule has 10 aromatic rings. The lowest BCUT2D eigenvalue weighted by Crippen LogP contribution is -2.00. The molecule has 0 unspecified atom stereocenters. The molecule has 10 rings (SSSR count). The highest BCUT2D eigenvalue weighted by molar-refractivity contribution is 6.20. The molecule has 5 heteroatoms. The van der Waals surface area contributed by atoms with Crippen molar-refractivity contribution < 1.29 is 4.42 Å². The second-order valence-corrected chi connectivity index (χ2v) is 12.6. The van der Waals surface area contributed by atoms with Gasteiger partial charge in [-0.2, -0.15) is 0 Å². The number of nitrogens with zero attached hydrogens (tertiary/aromatic N) is 4. The summed E-state index contributed by atoms with van der Waals surface area (Å²) >= 11 is 0. The average Bonchev–Trinajstić information content (AvgIpc) is 3.58. The predicted octanol–water partition coefficient (Wildman–Crippen LogP) is 11.8. The van der Waals surface area contributed by atoms with Crippen LogP contribution in [0.1, 0.15) is 0 Å². The van der Waals surface area contributed by atoms with Crippen molar-refractivity contribution in [3.05, 3.63) is 170 Å². The fraction of sp³-hybridized carbons (Fsp3) is 0. The molecule has 3 heterocycles. The number of rotatable bonds is 5. The van der Waals surface area contributed by atoms with Gasteiger partial charge < -0.3 is 4.42 Å². The van der Waals surface area contributed by atoms with Gasteiger partial charge in [0.05, 0.1) is 5.52 Å². The monoisotopic (exact) mass is 652 g/mol. The smallest absolute Gasteiger partial charge is 0.164 e. The molecule has 0 bridgehead atoms. The molecule has 0 radical (unpaired) electrons. The van der Waals surface area contributed by atoms with Gasteiger partial charge in [-0.05, 0) is 57.8 Å². The van der Waals surface area contributed by atoms with Crippen LogP contribution >= 0.6 is 0 Å². The molecule has 0 aliphatic rings. The van der Waals surface area contributed by atoms with Crippen molar-refractivity contribution in [2.75, 3.05) is 0 Å². The molecule has 0 saturated heterocycles. The zero-order chi connectivity index (χ0) is 33.7. The van der Waals surface area contributed by atoms with Crippen molar-refractivity contribution in [1.29, 1.82) is 0 Å². The lowest BCUT2D eigenvalue weighted by molar-refractivity contribution is 0.670. The van der Waals surface area contributed by atoms with Gasteiger partial charge >= 0.3 is 0 Å². The van der Waals surface area contributed by atoms with E-state index in [1.165, 1.54) is 0 Å². The SMILES string of the molecule is c1ccc(-c2nc(-c3ccccc3)nc(-c3ccc(-c4ccc(-c5ccccc5)c5oc6cc7cccnc7cc6c45)c4ccccc34)n2)cc1. The van der Waals surface area contributed by atoms with E-state index >= 15 is 0 Å².